The van der Waals surface area contributed by atoms with Gasteiger partial charge in [-0.25, -0.2) is 0 Å². The molecule has 0 aromatic heterocycles. The van der Waals surface area contributed by atoms with E-state index in [1.807, 2.05) is 13.8 Å². The van der Waals surface area contributed by atoms with Crippen LogP contribution in [0.2, 0.25) is 0 Å². The van der Waals surface area contributed by atoms with Crippen molar-refractivity contribution in [2.75, 3.05) is 6.54 Å². The van der Waals surface area contributed by atoms with E-state index in [1.165, 1.54) is 0 Å². The third kappa shape index (κ3) is 3.45. The molecule has 6 aliphatic rings. The van der Waals surface area contributed by atoms with Crippen molar-refractivity contribution in [3.05, 3.63) is 11.6 Å². The maximum atomic E-state index is 14.5. The van der Waals surface area contributed by atoms with E-state index in [0.29, 0.717) is 32.1 Å². The van der Waals surface area contributed by atoms with E-state index in [-0.39, 0.29) is 28.8 Å². The van der Waals surface area contributed by atoms with Gasteiger partial charge in [0.25, 0.3) is 0 Å². The summed E-state index contributed by atoms with van der Waals surface area (Å²) in [6, 6.07) is 2.18. The Morgan fingerprint density at radius 1 is 1.05 bits per heavy atom. The molecule has 42 heavy (non-hydrogen) atoms. The van der Waals surface area contributed by atoms with Crippen LogP contribution in [0, 0.1) is 61.6 Å². The van der Waals surface area contributed by atoms with E-state index < -0.39 is 63.3 Å². The number of ether oxygens (including phenoxy) is 1. The van der Waals surface area contributed by atoms with Crippen LogP contribution in [0.3, 0.4) is 0 Å². The van der Waals surface area contributed by atoms with Gasteiger partial charge in [-0.1, -0.05) is 54.0 Å². The Labute approximate surface area is 246 Å². The minimum absolute atomic E-state index is 0.0832. The third-order valence-electron chi connectivity index (χ3n) is 13.6. The highest BCUT2D eigenvalue weighted by Crippen LogP contribution is 2.77. The third-order valence-corrected chi connectivity index (χ3v) is 13.6. The lowest BCUT2D eigenvalue weighted by atomic mass is 9.33. The highest BCUT2D eigenvalue weighted by molar-refractivity contribution is 6.01. The lowest BCUT2D eigenvalue weighted by Crippen LogP contribution is -2.68. The van der Waals surface area contributed by atoms with Gasteiger partial charge in [0.1, 0.15) is 18.7 Å². The van der Waals surface area contributed by atoms with Crippen molar-refractivity contribution in [2.24, 2.45) is 50.2 Å². The van der Waals surface area contributed by atoms with Crippen LogP contribution in [0.1, 0.15) is 93.4 Å². The first-order valence-corrected chi connectivity index (χ1v) is 15.4. The monoisotopic (exact) mass is 588 g/mol. The molecule has 230 valence electrons. The molecule has 4 saturated carbocycles. The molecule has 0 aromatic carbocycles. The number of fused-ring (bicyclic) bond motifs is 9. The van der Waals surface area contributed by atoms with Crippen molar-refractivity contribution in [1.82, 2.24) is 5.32 Å². The van der Waals surface area contributed by atoms with E-state index in [2.05, 4.69) is 46.0 Å². The van der Waals surface area contributed by atoms with Gasteiger partial charge in [0.05, 0.1) is 5.41 Å². The van der Waals surface area contributed by atoms with Crippen molar-refractivity contribution < 1.29 is 32.3 Å². The molecule has 0 spiro atoms. The van der Waals surface area contributed by atoms with Gasteiger partial charge < -0.3 is 10.1 Å². The van der Waals surface area contributed by atoms with E-state index in [0.717, 1.165) is 18.4 Å². The number of amides is 1. The van der Waals surface area contributed by atoms with Crippen LogP contribution in [0.25, 0.3) is 0 Å². The number of rotatable bonds is 2. The first kappa shape index (κ1) is 29.8. The van der Waals surface area contributed by atoms with Crippen LogP contribution >= 0.6 is 0 Å². The van der Waals surface area contributed by atoms with Gasteiger partial charge in [0.15, 0.2) is 11.6 Å². The number of halogens is 3. The average Bonchev–Trinajstić information content (AvgIpc) is 3.64. The number of nitrogens with zero attached hydrogens (tertiary/aromatic N) is 1. The van der Waals surface area contributed by atoms with E-state index >= 15 is 0 Å². The van der Waals surface area contributed by atoms with Crippen LogP contribution < -0.4 is 5.32 Å². The molecule has 1 amide bonds. The number of carbonyl (C=O) groups is 3. The van der Waals surface area contributed by atoms with Crippen molar-refractivity contribution >= 4 is 17.5 Å². The second-order valence-electron chi connectivity index (χ2n) is 16.4. The molecular formula is C33H43F3N2O4. The molecule has 0 bridgehead atoms. The summed E-state index contributed by atoms with van der Waals surface area (Å²) in [5.74, 6) is -1.86. The summed E-state index contributed by atoms with van der Waals surface area (Å²) in [6.07, 6.45) is 0.788. The summed E-state index contributed by atoms with van der Waals surface area (Å²) in [4.78, 5) is 41.8. The highest BCUT2D eigenvalue weighted by Gasteiger charge is 2.82. The Bertz CT molecular complexity index is 1360. The normalized spacial score (nSPS) is 48.3. The predicted octanol–water partition coefficient (Wildman–Crippen LogP) is 6.10. The minimum atomic E-state index is -4.52. The van der Waals surface area contributed by atoms with Gasteiger partial charge in [0, 0.05) is 16.7 Å². The van der Waals surface area contributed by atoms with Crippen molar-refractivity contribution in [3.63, 3.8) is 0 Å². The second kappa shape index (κ2) is 8.28. The van der Waals surface area contributed by atoms with Gasteiger partial charge in [-0.3, -0.25) is 14.4 Å². The van der Waals surface area contributed by atoms with Crippen molar-refractivity contribution in [3.8, 4) is 6.07 Å². The standard InChI is InChI=1S/C33H43F3N2O4/c1-26(2)10-12-31(25(41)38-17-33(34,35)36)13-11-29(6)22(18(31)15-26)19(39)14-21-28(29,5)9-8-20-27(3,4)23(40)32(16-37)24(42-32)30(20,21)7/h14,18,20,22,24H,8-13,15,17H2,1-7H3,(H,38,41)/t18?,20-,22?,24+,28+,29+,30-,31-,32-/m0/s1. The molecule has 5 aliphatic carbocycles. The van der Waals surface area contributed by atoms with Gasteiger partial charge in [-0.15, -0.1) is 0 Å². The van der Waals surface area contributed by atoms with E-state index in [9.17, 15) is 32.8 Å². The second-order valence-corrected chi connectivity index (χ2v) is 16.4. The average molecular weight is 589 g/mol. The summed E-state index contributed by atoms with van der Waals surface area (Å²) in [6.45, 7) is 13.1. The number of hydrogen-bond donors (Lipinski definition) is 1. The van der Waals surface area contributed by atoms with Gasteiger partial charge in [-0.05, 0) is 79.1 Å². The molecule has 9 heteroatoms. The minimum Gasteiger partial charge on any atom is -0.346 e. The summed E-state index contributed by atoms with van der Waals surface area (Å²) in [7, 11) is 0. The Morgan fingerprint density at radius 3 is 2.31 bits per heavy atom. The smallest absolute Gasteiger partial charge is 0.346 e. The van der Waals surface area contributed by atoms with Crippen LogP contribution in [-0.2, 0) is 19.1 Å². The molecule has 0 aromatic rings. The lowest BCUT2D eigenvalue weighted by Gasteiger charge is -2.69. The Kier molecular flexibility index (Phi) is 5.88. The highest BCUT2D eigenvalue weighted by atomic mass is 19.4. The topological polar surface area (TPSA) is 99.6 Å². The summed E-state index contributed by atoms with van der Waals surface area (Å²) in [5, 5.41) is 12.3. The molecule has 9 atom stereocenters. The molecule has 6 nitrogen and oxygen atoms in total. The van der Waals surface area contributed by atoms with Crippen LogP contribution in [0.4, 0.5) is 13.2 Å². The Hall–Kier alpha value is -2.21. The first-order valence-electron chi connectivity index (χ1n) is 15.4. The van der Waals surface area contributed by atoms with Crippen molar-refractivity contribution in [1.29, 1.82) is 5.26 Å². The summed E-state index contributed by atoms with van der Waals surface area (Å²) >= 11 is 0. The largest absolute Gasteiger partial charge is 0.405 e. The Morgan fingerprint density at radius 2 is 1.69 bits per heavy atom. The molecule has 2 unspecified atom stereocenters. The molecule has 5 fully saturated rings. The zero-order valence-corrected chi connectivity index (χ0v) is 25.8. The van der Waals surface area contributed by atoms with Gasteiger partial charge in [-0.2, -0.15) is 18.4 Å². The fraction of sp³-hybridized carbons (Fsp3) is 0.818. The molecule has 1 aliphatic heterocycles. The Balaban J connectivity index is 1.47. The number of allylic oxidation sites excluding steroid dienone is 1. The fourth-order valence-corrected chi connectivity index (χ4v) is 11.2. The zero-order valence-electron chi connectivity index (χ0n) is 25.8. The summed E-state index contributed by atoms with van der Waals surface area (Å²) in [5.41, 5.74) is -4.28. The molecule has 6 rings (SSSR count). The number of alkyl halides is 3. The molecular weight excluding hydrogens is 545 g/mol. The maximum absolute atomic E-state index is 14.5. The number of hydrogen-bond acceptors (Lipinski definition) is 5. The SMILES string of the molecule is CC1(C)CC[C@]2(C(=O)NCC(F)(F)F)CC[C@]3(C)C(C(=O)C=C4[C@@]5(C)[C@H]6O[C@@]6(C#N)C(=O)C(C)(C)[C@@H]5CC[C@]43C)C2C1. The summed E-state index contributed by atoms with van der Waals surface area (Å²) < 4.78 is 45.5. The molecule has 1 heterocycles. The van der Waals surface area contributed by atoms with Crippen LogP contribution in [0.5, 0.6) is 0 Å². The van der Waals surface area contributed by atoms with Crippen LogP contribution in [0.15, 0.2) is 11.6 Å². The predicted molar refractivity (Wildman–Crippen MR) is 147 cm³/mol. The van der Waals surface area contributed by atoms with Crippen LogP contribution in [-0.4, -0.2) is 41.9 Å². The first-order chi connectivity index (χ1) is 19.2. The quantitative estimate of drug-likeness (QED) is 0.393. The van der Waals surface area contributed by atoms with E-state index in [1.54, 1.807) is 6.08 Å². The van der Waals surface area contributed by atoms with Gasteiger partial charge >= 0.3 is 6.18 Å². The molecule has 1 saturated heterocycles. The molecule has 0 radical (unpaired) electrons. The number of ketones is 2. The van der Waals surface area contributed by atoms with E-state index in [4.69, 9.17) is 4.74 Å². The number of epoxide rings is 1. The lowest BCUT2D eigenvalue weighted by molar-refractivity contribution is -0.183. The maximum Gasteiger partial charge on any atom is 0.405 e. The number of nitriles is 1. The number of nitrogens with one attached hydrogen (secondary N) is 1. The van der Waals surface area contributed by atoms with Crippen molar-refractivity contribution in [2.45, 2.75) is 111 Å². The fourth-order valence-electron chi connectivity index (χ4n) is 11.2. The number of Topliss-reactive ketones (excluding diaryl/α,β-unsaturated/α-hetero) is 1. The van der Waals surface area contributed by atoms with Gasteiger partial charge in [0.2, 0.25) is 11.5 Å². The zero-order chi connectivity index (χ0) is 31.1. The number of carbonyl (C=O) groups excluding carboxylic acids is 3. The molecule has 1 N–H and O–H groups in total.